The number of ether oxygens (including phenoxy) is 4. The molecule has 0 radical (unpaired) electrons. The third kappa shape index (κ3) is 38.0. The van der Waals surface area contributed by atoms with E-state index in [9.17, 15) is 67.2 Å². The Labute approximate surface area is 567 Å². The van der Waals surface area contributed by atoms with Crippen molar-refractivity contribution in [1.29, 1.82) is 0 Å². The lowest BCUT2D eigenvalue weighted by Gasteiger charge is -2.38. The van der Waals surface area contributed by atoms with Gasteiger partial charge >= 0.3 is 27.0 Å². The van der Waals surface area contributed by atoms with Crippen molar-refractivity contribution in [3.8, 4) is 0 Å². The summed E-state index contributed by atoms with van der Waals surface area (Å²) < 4.78 is 110. The van der Waals surface area contributed by atoms with E-state index in [-0.39, 0.29) is 73.3 Å². The average molecular weight is 1470 g/mol. The molecular weight excluding hydrogens is 1360 g/mol. The van der Waals surface area contributed by atoms with E-state index in [0.29, 0.717) is 53.3 Å². The summed E-state index contributed by atoms with van der Waals surface area (Å²) in [4.78, 5) is 96.5. The van der Waals surface area contributed by atoms with Crippen molar-refractivity contribution in [1.82, 2.24) is 19.1 Å². The maximum absolute atomic E-state index is 15.9. The van der Waals surface area contributed by atoms with Gasteiger partial charge in [0.15, 0.2) is 32.3 Å². The van der Waals surface area contributed by atoms with Crippen molar-refractivity contribution < 1.29 is 104 Å². The fourth-order valence-corrected chi connectivity index (χ4v) is 12.0. The number of rotatable bonds is 39. The summed E-state index contributed by atoms with van der Waals surface area (Å²) in [5, 5.41) is 39.9. The highest BCUT2D eigenvalue weighted by molar-refractivity contribution is 8.14. The number of carbonyl (C=O) groups excluding carboxylic acids is 4. The van der Waals surface area contributed by atoms with Crippen LogP contribution in [0.2, 0.25) is 0 Å². The lowest BCUT2D eigenvalue weighted by molar-refractivity contribution is -0.273. The van der Waals surface area contributed by atoms with E-state index in [1.807, 2.05) is 107 Å². The molecule has 2 aromatic rings. The number of aliphatic hydroxyl groups is 4. The maximum atomic E-state index is 15.9. The summed E-state index contributed by atoms with van der Waals surface area (Å²) in [6.07, 6.45) is -0.187. The van der Waals surface area contributed by atoms with Gasteiger partial charge in [-0.2, -0.15) is 0 Å². The van der Waals surface area contributed by atoms with Crippen molar-refractivity contribution in [2.75, 3.05) is 103 Å². The van der Waals surface area contributed by atoms with Crippen LogP contribution in [0.25, 0.3) is 0 Å². The van der Waals surface area contributed by atoms with Crippen LogP contribution in [0.4, 0.5) is 8.78 Å². The number of methoxy groups -OCH3 is 2. The molecule has 6 N–H and O–H groups in total. The second kappa shape index (κ2) is 45.1. The highest BCUT2D eigenvalue weighted by Crippen LogP contribution is 2.52. The molecule has 0 saturated carbocycles. The van der Waals surface area contributed by atoms with Gasteiger partial charge in [0.05, 0.1) is 52.9 Å². The van der Waals surface area contributed by atoms with E-state index in [1.165, 1.54) is 29.7 Å². The number of hydrogen-bond acceptors (Lipinski definition) is 28. The number of nitrogens with one attached hydrogen (secondary N) is 2. The predicted octanol–water partition coefficient (Wildman–Crippen LogP) is 8.20. The van der Waals surface area contributed by atoms with Gasteiger partial charge in [-0.05, 0) is 39.5 Å². The second-order valence-electron chi connectivity index (χ2n) is 24.3. The van der Waals surface area contributed by atoms with Crippen LogP contribution in [-0.4, -0.2) is 187 Å². The number of carbonyl (C=O) groups is 4. The Morgan fingerprint density at radius 2 is 0.862 bits per heavy atom. The molecule has 2 heterocycles. The fourth-order valence-electron chi connectivity index (χ4n) is 5.99. The number of H-pyrrole nitrogens is 2. The topological polar surface area (TPSA) is 385 Å². The van der Waals surface area contributed by atoms with E-state index < -0.39 is 109 Å². The quantitative estimate of drug-likeness (QED) is 0.0271. The summed E-state index contributed by atoms with van der Waals surface area (Å²) in [6, 6.07) is 2.05. The molecule has 548 valence electrons. The van der Waals surface area contributed by atoms with Crippen LogP contribution < -0.4 is 22.5 Å². The monoisotopic (exact) mass is 1470 g/mol. The molecule has 0 aliphatic carbocycles. The first-order valence-corrected chi connectivity index (χ1v) is 36.9. The molecule has 5 atom stereocenters. The molecule has 0 amide bonds. The van der Waals surface area contributed by atoms with Crippen LogP contribution in [0.3, 0.4) is 0 Å². The SMILES string of the molecule is CC.CO[C@](F)(COP(=O)(OCCCCSC(=O)C(C)(C)C)OCCCCSC(=O)C(C)(C)C)[C@@H](O)[C@@](C)(O)n1ccc(=O)[nH]c1=O.CO[C@](F)(COP(=O)(OCCOCCSC(=O)C(C)(C)C)OCCOCCSC(=O)C(C)(C)C)[C@H](C)O.O=c1ccn(CO)c(=O)[nH]1. The zero-order chi connectivity index (χ0) is 73.0. The molecule has 0 aliphatic rings. The number of aromatic nitrogens is 4. The smallest absolute Gasteiger partial charge is 0.387 e. The molecule has 28 nitrogen and oxygen atoms in total. The van der Waals surface area contributed by atoms with Crippen LogP contribution in [0, 0.1) is 21.7 Å². The highest BCUT2D eigenvalue weighted by atomic mass is 32.2. The molecule has 0 spiro atoms. The molecule has 0 aromatic carbocycles. The third-order valence-electron chi connectivity index (χ3n) is 11.8. The number of halogens is 2. The summed E-state index contributed by atoms with van der Waals surface area (Å²) in [5.74, 6) is -3.97. The van der Waals surface area contributed by atoms with Gasteiger partial charge in [0.2, 0.25) is 0 Å². The van der Waals surface area contributed by atoms with Gasteiger partial charge < -0.3 is 39.4 Å². The zero-order valence-corrected chi connectivity index (χ0v) is 62.6. The van der Waals surface area contributed by atoms with Gasteiger partial charge in [-0.1, -0.05) is 144 Å². The largest absolute Gasteiger partial charge is 0.475 e. The maximum Gasteiger partial charge on any atom is 0.475 e. The van der Waals surface area contributed by atoms with Crippen LogP contribution in [-0.2, 0) is 86.9 Å². The Hall–Kier alpha value is -2.80. The summed E-state index contributed by atoms with van der Waals surface area (Å²) in [6.45, 7) is 25.3. The van der Waals surface area contributed by atoms with Gasteiger partial charge in [-0.25, -0.2) is 27.5 Å². The molecule has 0 fully saturated rings. The fraction of sp³-hybridized carbons (Fsp3) is 0.793. The number of thioether (sulfide) groups is 4. The average Bonchev–Trinajstić information content (AvgIpc) is 0.778. The number of phosphoric acid groups is 2. The molecule has 0 aliphatic heterocycles. The first kappa shape index (κ1) is 93.3. The highest BCUT2D eigenvalue weighted by Gasteiger charge is 2.52. The second-order valence-corrected chi connectivity index (χ2v) is 31.9. The van der Waals surface area contributed by atoms with Crippen molar-refractivity contribution >= 4 is 83.2 Å². The number of phosphoric ester groups is 2. The van der Waals surface area contributed by atoms with Gasteiger partial charge in [-0.3, -0.25) is 75.0 Å². The summed E-state index contributed by atoms with van der Waals surface area (Å²) in [5.41, 5.74) is -7.50. The molecule has 94 heavy (non-hydrogen) atoms. The molecule has 0 bridgehead atoms. The minimum absolute atomic E-state index is 0.0257. The third-order valence-corrected chi connectivity index (χ3v) is 19.9. The lowest BCUT2D eigenvalue weighted by Crippen LogP contribution is -2.59. The van der Waals surface area contributed by atoms with E-state index in [4.69, 9.17) is 46.5 Å². The molecule has 0 unspecified atom stereocenters. The molecule has 2 aromatic heterocycles. The predicted molar refractivity (Wildman–Crippen MR) is 360 cm³/mol. The van der Waals surface area contributed by atoms with Crippen LogP contribution >= 0.6 is 62.7 Å². The van der Waals surface area contributed by atoms with Crippen molar-refractivity contribution in [2.45, 2.75) is 173 Å². The van der Waals surface area contributed by atoms with E-state index >= 15 is 4.39 Å². The standard InChI is InChI=1S/C28H48FN2O11PS2.C23H44FO10PS2.C5H6N2O3.C2H6/c1-25(2,3)22(34)44-17-11-9-15-40-43(38,41-16-10-12-18-45-23(35)26(4,5)6)42-19-28(29,39-8)21(33)27(7,37)31-14-13-20(32)30-24(31)36;1-18(25)23(24,29-8)17-34-35(28,32-11-9-30-13-15-36-19(26)21(2,3)4)33-12-10-31-14-16-37-20(27)22(5,6)7;8-3-7-2-1-4(9)6-5(7)10;1-2/h13-14,21,33,37H,9-12,15-19H2,1-8H3,(H,30,32,36);18,25H,9-17H2,1-8H3;1-2,8H,3H2,(H,6,9,10);1-2H3/t21-,27+,28+;18-,23+;;/m00../s1. The summed E-state index contributed by atoms with van der Waals surface area (Å²) >= 11 is 4.67. The minimum Gasteiger partial charge on any atom is -0.387 e. The van der Waals surface area contributed by atoms with Crippen molar-refractivity contribution in [3.63, 3.8) is 0 Å². The Morgan fingerprint density at radius 1 is 0.521 bits per heavy atom. The van der Waals surface area contributed by atoms with E-state index in [2.05, 4.69) is 4.74 Å². The molecule has 2 rings (SSSR count). The van der Waals surface area contributed by atoms with Crippen molar-refractivity contribution in [2.24, 2.45) is 21.7 Å². The van der Waals surface area contributed by atoms with Crippen LogP contribution in [0.15, 0.2) is 43.7 Å². The van der Waals surface area contributed by atoms with Gasteiger partial charge in [0.25, 0.3) is 22.8 Å². The molecule has 0 saturated heterocycles. The number of unbranched alkanes of at least 4 members (excludes halogenated alkanes) is 2. The lowest BCUT2D eigenvalue weighted by atomic mass is 9.99. The Bertz CT molecular complexity index is 2810. The number of aromatic amines is 2. The van der Waals surface area contributed by atoms with Gasteiger partial charge in [-0.15, -0.1) is 0 Å². The number of alkyl halides is 2. The van der Waals surface area contributed by atoms with Crippen LogP contribution in [0.1, 0.15) is 136 Å². The van der Waals surface area contributed by atoms with E-state index in [0.717, 1.165) is 74.5 Å². The van der Waals surface area contributed by atoms with Crippen LogP contribution in [0.5, 0.6) is 0 Å². The Kier molecular flexibility index (Phi) is 44.7. The summed E-state index contributed by atoms with van der Waals surface area (Å²) in [7, 11) is -6.84. The molecular formula is C58H104F2N4O24P2S4. The first-order valence-electron chi connectivity index (χ1n) is 30.0. The first-order chi connectivity index (χ1) is 43.3. The zero-order valence-electron chi connectivity index (χ0n) is 57.5. The number of nitrogens with zero attached hydrogens (tertiary/aromatic N) is 2. The number of aliphatic hydroxyl groups excluding tert-OH is 3. The van der Waals surface area contributed by atoms with E-state index in [1.54, 1.807) is 0 Å². The normalized spacial score (nSPS) is 14.9. The van der Waals surface area contributed by atoms with Crippen molar-refractivity contribution in [3.05, 3.63) is 66.2 Å². The molecule has 36 heteroatoms. The van der Waals surface area contributed by atoms with Gasteiger partial charge in [0, 0.05) is 83.4 Å². The Balaban J connectivity index is 0. The van der Waals surface area contributed by atoms with Gasteiger partial charge in [0.1, 0.15) is 26.0 Å². The Morgan fingerprint density at radius 3 is 1.19 bits per heavy atom. The minimum atomic E-state index is -4.47. The number of hydrogen-bond donors (Lipinski definition) is 6.